The molecule has 0 bridgehead atoms. The second-order valence-electron chi connectivity index (χ2n) is 6.94. The number of aliphatic hydroxyl groups excluding tert-OH is 1. The number of carboxylic acid groups (broad SMARTS) is 1. The van der Waals surface area contributed by atoms with Crippen LogP contribution in [0.1, 0.15) is 29.0 Å². The lowest BCUT2D eigenvalue weighted by molar-refractivity contribution is -0.163. The molecule has 1 aromatic heterocycles. The van der Waals surface area contributed by atoms with Gasteiger partial charge in [-0.1, -0.05) is 35.5 Å². The molecule has 2 N–H and O–H groups in total. The SMILES string of the molecule is Cc1noc(C)c1CN1CC[C@@H](O)[C@](Cc2ccccc2)(C(=O)O)C1. The van der Waals surface area contributed by atoms with Gasteiger partial charge in [0.15, 0.2) is 0 Å². The first-order valence-corrected chi connectivity index (χ1v) is 8.52. The lowest BCUT2D eigenvalue weighted by Gasteiger charge is -2.43. The summed E-state index contributed by atoms with van der Waals surface area (Å²) in [6.45, 7) is 5.27. The summed E-state index contributed by atoms with van der Waals surface area (Å²) in [5, 5.41) is 24.5. The van der Waals surface area contributed by atoms with Crippen molar-refractivity contribution in [2.45, 2.75) is 39.3 Å². The fourth-order valence-electron chi connectivity index (χ4n) is 3.67. The Bertz CT molecular complexity index is 724. The summed E-state index contributed by atoms with van der Waals surface area (Å²) in [6, 6.07) is 9.50. The predicted molar refractivity (Wildman–Crippen MR) is 92.1 cm³/mol. The van der Waals surface area contributed by atoms with E-state index in [1.807, 2.05) is 44.2 Å². The number of aromatic nitrogens is 1. The van der Waals surface area contributed by atoms with Crippen LogP contribution in [0, 0.1) is 19.3 Å². The number of rotatable bonds is 5. The summed E-state index contributed by atoms with van der Waals surface area (Å²) in [5.74, 6) is -0.195. The maximum absolute atomic E-state index is 12.2. The van der Waals surface area contributed by atoms with E-state index in [2.05, 4.69) is 10.1 Å². The van der Waals surface area contributed by atoms with Gasteiger partial charge in [0.05, 0.1) is 11.8 Å². The molecule has 1 aliphatic heterocycles. The highest BCUT2D eigenvalue weighted by atomic mass is 16.5. The van der Waals surface area contributed by atoms with E-state index in [0.717, 1.165) is 22.6 Å². The van der Waals surface area contributed by atoms with Gasteiger partial charge in [-0.3, -0.25) is 9.69 Å². The molecule has 0 unspecified atom stereocenters. The van der Waals surface area contributed by atoms with Crippen LogP contribution in [0.25, 0.3) is 0 Å². The Hall–Kier alpha value is -2.18. The minimum atomic E-state index is -1.21. The molecular formula is C19H24N2O4. The summed E-state index contributed by atoms with van der Waals surface area (Å²) in [5.41, 5.74) is 1.53. The first kappa shape index (κ1) is 17.6. The first-order valence-electron chi connectivity index (χ1n) is 8.52. The van der Waals surface area contributed by atoms with E-state index >= 15 is 0 Å². The number of benzene rings is 1. The number of carbonyl (C=O) groups is 1. The lowest BCUT2D eigenvalue weighted by atomic mass is 9.72. The molecule has 1 fully saturated rings. The van der Waals surface area contributed by atoms with Gasteiger partial charge < -0.3 is 14.7 Å². The number of nitrogens with zero attached hydrogens (tertiary/aromatic N) is 2. The van der Waals surface area contributed by atoms with Gasteiger partial charge in [0.2, 0.25) is 0 Å². The standard InChI is InChI=1S/C19H24N2O4/c1-13-16(14(2)25-20-13)11-21-9-8-17(22)19(12-21,18(23)24)10-15-6-4-3-5-7-15/h3-7,17,22H,8-12H2,1-2H3,(H,23,24)/t17-,19-/m1/s1. The van der Waals surface area contributed by atoms with Gasteiger partial charge in [0.1, 0.15) is 11.2 Å². The molecule has 2 aromatic rings. The van der Waals surface area contributed by atoms with Gasteiger partial charge in [-0.25, -0.2) is 0 Å². The van der Waals surface area contributed by atoms with Crippen molar-refractivity contribution in [3.8, 4) is 0 Å². The number of aliphatic hydroxyl groups is 1. The third-order valence-corrected chi connectivity index (χ3v) is 5.21. The van der Waals surface area contributed by atoms with Crippen molar-refractivity contribution in [2.24, 2.45) is 5.41 Å². The zero-order chi connectivity index (χ0) is 18.0. The number of hydrogen-bond donors (Lipinski definition) is 2. The molecule has 1 aliphatic rings. The fraction of sp³-hybridized carbons (Fsp3) is 0.474. The highest BCUT2D eigenvalue weighted by Crippen LogP contribution is 2.35. The zero-order valence-corrected chi connectivity index (χ0v) is 14.6. The quantitative estimate of drug-likeness (QED) is 0.864. The monoisotopic (exact) mass is 344 g/mol. The summed E-state index contributed by atoms with van der Waals surface area (Å²) in [6.07, 6.45) is -0.128. The summed E-state index contributed by atoms with van der Waals surface area (Å²) in [4.78, 5) is 14.2. The molecule has 0 aliphatic carbocycles. The Morgan fingerprint density at radius 1 is 1.36 bits per heavy atom. The van der Waals surface area contributed by atoms with E-state index < -0.39 is 17.5 Å². The van der Waals surface area contributed by atoms with Gasteiger partial charge in [-0.15, -0.1) is 0 Å². The van der Waals surface area contributed by atoms with Crippen LogP contribution in [-0.2, 0) is 17.8 Å². The van der Waals surface area contributed by atoms with Crippen molar-refractivity contribution in [1.29, 1.82) is 0 Å². The van der Waals surface area contributed by atoms with E-state index in [-0.39, 0.29) is 0 Å². The van der Waals surface area contributed by atoms with Crippen LogP contribution >= 0.6 is 0 Å². The molecule has 1 saturated heterocycles. The van der Waals surface area contributed by atoms with Crippen LogP contribution in [0.5, 0.6) is 0 Å². The largest absolute Gasteiger partial charge is 0.481 e. The summed E-state index contributed by atoms with van der Waals surface area (Å²) < 4.78 is 5.21. The van der Waals surface area contributed by atoms with E-state index in [9.17, 15) is 15.0 Å². The highest BCUT2D eigenvalue weighted by molar-refractivity contribution is 5.76. The lowest BCUT2D eigenvalue weighted by Crippen LogP contribution is -2.56. The van der Waals surface area contributed by atoms with Gasteiger partial charge in [0, 0.05) is 25.2 Å². The number of likely N-dealkylation sites (tertiary alicyclic amines) is 1. The van der Waals surface area contributed by atoms with Crippen molar-refractivity contribution in [3.05, 3.63) is 52.9 Å². The average molecular weight is 344 g/mol. The second-order valence-corrected chi connectivity index (χ2v) is 6.94. The first-order chi connectivity index (χ1) is 11.9. The normalized spacial score (nSPS) is 24.4. The molecule has 1 aromatic carbocycles. The molecular weight excluding hydrogens is 320 g/mol. The van der Waals surface area contributed by atoms with Crippen molar-refractivity contribution in [2.75, 3.05) is 13.1 Å². The Balaban J connectivity index is 1.85. The fourth-order valence-corrected chi connectivity index (χ4v) is 3.67. The smallest absolute Gasteiger partial charge is 0.313 e. The average Bonchev–Trinajstić information content (AvgIpc) is 2.90. The third kappa shape index (κ3) is 3.45. The predicted octanol–water partition coefficient (Wildman–Crippen LogP) is 2.17. The molecule has 2 heterocycles. The zero-order valence-electron chi connectivity index (χ0n) is 14.6. The minimum Gasteiger partial charge on any atom is -0.481 e. The molecule has 6 heteroatoms. The van der Waals surface area contributed by atoms with Gasteiger partial charge in [-0.05, 0) is 32.3 Å². The van der Waals surface area contributed by atoms with Crippen molar-refractivity contribution in [3.63, 3.8) is 0 Å². The molecule has 6 nitrogen and oxygen atoms in total. The molecule has 134 valence electrons. The number of hydrogen-bond acceptors (Lipinski definition) is 5. The van der Waals surface area contributed by atoms with Gasteiger partial charge in [0.25, 0.3) is 0 Å². The van der Waals surface area contributed by atoms with Crippen LogP contribution in [0.4, 0.5) is 0 Å². The maximum Gasteiger partial charge on any atom is 0.313 e. The van der Waals surface area contributed by atoms with Crippen LogP contribution in [-0.4, -0.2) is 45.4 Å². The van der Waals surface area contributed by atoms with E-state index in [1.54, 1.807) is 0 Å². The topological polar surface area (TPSA) is 86.8 Å². The summed E-state index contributed by atoms with van der Waals surface area (Å²) >= 11 is 0. The molecule has 0 saturated carbocycles. The molecule has 3 rings (SSSR count). The molecule has 0 spiro atoms. The molecule has 25 heavy (non-hydrogen) atoms. The van der Waals surface area contributed by atoms with Crippen LogP contribution in [0.15, 0.2) is 34.9 Å². The third-order valence-electron chi connectivity index (χ3n) is 5.21. The molecule has 2 atom stereocenters. The number of aryl methyl sites for hydroxylation is 2. The van der Waals surface area contributed by atoms with Gasteiger partial charge >= 0.3 is 5.97 Å². The van der Waals surface area contributed by atoms with E-state index in [4.69, 9.17) is 4.52 Å². The maximum atomic E-state index is 12.2. The number of carboxylic acids is 1. The van der Waals surface area contributed by atoms with Gasteiger partial charge in [-0.2, -0.15) is 0 Å². The summed E-state index contributed by atoms with van der Waals surface area (Å²) in [7, 11) is 0. The van der Waals surface area contributed by atoms with Crippen LogP contribution in [0.3, 0.4) is 0 Å². The van der Waals surface area contributed by atoms with E-state index in [1.165, 1.54) is 0 Å². The van der Waals surface area contributed by atoms with Crippen LogP contribution in [0.2, 0.25) is 0 Å². The Morgan fingerprint density at radius 3 is 2.68 bits per heavy atom. The van der Waals surface area contributed by atoms with E-state index in [0.29, 0.717) is 32.5 Å². The number of aliphatic carboxylic acids is 1. The van der Waals surface area contributed by atoms with Crippen molar-refractivity contribution in [1.82, 2.24) is 10.1 Å². The van der Waals surface area contributed by atoms with Crippen LogP contribution < -0.4 is 0 Å². The highest BCUT2D eigenvalue weighted by Gasteiger charge is 2.49. The second kappa shape index (κ2) is 6.98. The Kier molecular flexibility index (Phi) is 4.92. The molecule has 0 radical (unpaired) electrons. The minimum absolute atomic E-state index is 0.294. The van der Waals surface area contributed by atoms with Crippen molar-refractivity contribution >= 4 is 5.97 Å². The Morgan fingerprint density at radius 2 is 2.08 bits per heavy atom. The molecule has 0 amide bonds. The Labute approximate surface area is 147 Å². The van der Waals surface area contributed by atoms with Crippen molar-refractivity contribution < 1.29 is 19.5 Å². The number of piperidine rings is 1.